The van der Waals surface area contributed by atoms with Gasteiger partial charge in [0.2, 0.25) is 0 Å². The van der Waals surface area contributed by atoms with Gasteiger partial charge in [-0.05, 0) is 54.7 Å². The summed E-state index contributed by atoms with van der Waals surface area (Å²) in [7, 11) is 0. The van der Waals surface area contributed by atoms with Gasteiger partial charge in [-0.3, -0.25) is 18.9 Å². The Labute approximate surface area is 224 Å². The van der Waals surface area contributed by atoms with Crippen LogP contribution >= 0.6 is 11.6 Å². The highest BCUT2D eigenvalue weighted by Gasteiger charge is 2.17. The maximum absolute atomic E-state index is 13.8. The lowest BCUT2D eigenvalue weighted by Gasteiger charge is -2.16. The smallest absolute Gasteiger partial charge is 0.296 e. The summed E-state index contributed by atoms with van der Waals surface area (Å²) in [6, 6.07) is 23.0. The monoisotopic (exact) mass is 526 g/mol. The van der Waals surface area contributed by atoms with E-state index in [1.54, 1.807) is 16.7 Å². The van der Waals surface area contributed by atoms with Gasteiger partial charge in [0.05, 0.1) is 11.4 Å². The molecule has 5 aromatic rings. The van der Waals surface area contributed by atoms with Crippen LogP contribution < -0.4 is 11.3 Å². The van der Waals surface area contributed by atoms with Crippen LogP contribution in [0.15, 0.2) is 86.9 Å². The number of rotatable bonds is 8. The van der Waals surface area contributed by atoms with E-state index in [0.717, 1.165) is 47.2 Å². The molecular weight excluding hydrogens is 500 g/mol. The molecule has 0 spiro atoms. The molecule has 0 saturated carbocycles. The van der Waals surface area contributed by atoms with Crippen molar-refractivity contribution >= 4 is 11.6 Å². The molecule has 0 radical (unpaired) electrons. The normalized spacial score (nSPS) is 11.1. The fraction of sp³-hybridized carbons (Fsp3) is 0.200. The number of aromatic amines is 1. The van der Waals surface area contributed by atoms with Gasteiger partial charge in [-0.2, -0.15) is 0 Å². The molecule has 0 aliphatic rings. The van der Waals surface area contributed by atoms with Crippen LogP contribution in [0.3, 0.4) is 0 Å². The van der Waals surface area contributed by atoms with Crippen molar-refractivity contribution in [2.75, 3.05) is 0 Å². The fourth-order valence-corrected chi connectivity index (χ4v) is 4.84. The van der Waals surface area contributed by atoms with E-state index in [4.69, 9.17) is 21.1 Å². The van der Waals surface area contributed by atoms with Gasteiger partial charge >= 0.3 is 5.76 Å². The Morgan fingerprint density at radius 1 is 0.974 bits per heavy atom. The van der Waals surface area contributed by atoms with E-state index in [9.17, 15) is 9.59 Å². The number of nitrogens with zero attached hydrogens (tertiary/aromatic N) is 3. The number of aromatic nitrogens is 4. The van der Waals surface area contributed by atoms with Gasteiger partial charge < -0.3 is 0 Å². The zero-order valence-corrected chi connectivity index (χ0v) is 22.0. The van der Waals surface area contributed by atoms with Gasteiger partial charge in [0.1, 0.15) is 5.82 Å². The molecule has 0 bridgehead atoms. The number of H-pyrrole nitrogens is 1. The third-order valence-electron chi connectivity index (χ3n) is 6.53. The highest BCUT2D eigenvalue weighted by atomic mass is 35.5. The summed E-state index contributed by atoms with van der Waals surface area (Å²) in [5.41, 5.74) is 5.79. The van der Waals surface area contributed by atoms with Crippen LogP contribution in [0.4, 0.5) is 0 Å². The minimum Gasteiger partial charge on any atom is -0.296 e. The fourth-order valence-electron chi connectivity index (χ4n) is 4.66. The lowest BCUT2D eigenvalue weighted by atomic mass is 9.96. The van der Waals surface area contributed by atoms with Crippen LogP contribution in [0.25, 0.3) is 28.2 Å². The topological polar surface area (TPSA) is 93.8 Å². The number of aryl methyl sites for hydroxylation is 2. The minimum atomic E-state index is -0.598. The number of benzene rings is 3. The van der Waals surface area contributed by atoms with Gasteiger partial charge in [0, 0.05) is 22.6 Å². The predicted octanol–water partition coefficient (Wildman–Crippen LogP) is 6.14. The molecule has 7 nitrogen and oxygen atoms in total. The Morgan fingerprint density at radius 2 is 1.74 bits per heavy atom. The van der Waals surface area contributed by atoms with Crippen molar-refractivity contribution in [1.29, 1.82) is 0 Å². The third kappa shape index (κ3) is 5.24. The van der Waals surface area contributed by atoms with E-state index in [1.165, 1.54) is 0 Å². The molecule has 0 amide bonds. The summed E-state index contributed by atoms with van der Waals surface area (Å²) in [5.74, 6) is 0.423. The van der Waals surface area contributed by atoms with Crippen LogP contribution in [-0.4, -0.2) is 19.7 Å². The second-order valence-electron chi connectivity index (χ2n) is 9.17. The molecule has 2 aromatic heterocycles. The first-order valence-electron chi connectivity index (χ1n) is 12.6. The van der Waals surface area contributed by atoms with E-state index in [2.05, 4.69) is 17.1 Å². The van der Waals surface area contributed by atoms with Crippen LogP contribution in [0.5, 0.6) is 0 Å². The molecule has 1 N–H and O–H groups in total. The third-order valence-corrected chi connectivity index (χ3v) is 6.77. The standard InChI is InChI=1S/C30H27ClN4O3/c1-3-4-12-27-26(29(36)35(19(2)32-27)23-9-7-8-22(31)18-23)17-20-13-15-21(16-14-20)24-10-5-6-11-25(24)28-33-30(37)38-34-28/h5-11,13-16,18H,3-4,12,17H2,1-2H3,(H,33,34,37). The first-order valence-corrected chi connectivity index (χ1v) is 12.9. The van der Waals surface area contributed by atoms with Crippen molar-refractivity contribution in [2.24, 2.45) is 0 Å². The van der Waals surface area contributed by atoms with Gasteiger partial charge in [-0.25, -0.2) is 9.78 Å². The summed E-state index contributed by atoms with van der Waals surface area (Å²) in [4.78, 5) is 32.8. The van der Waals surface area contributed by atoms with Crippen LogP contribution in [0, 0.1) is 6.92 Å². The lowest BCUT2D eigenvalue weighted by Crippen LogP contribution is -2.28. The molecule has 8 heteroatoms. The zero-order valence-electron chi connectivity index (χ0n) is 21.2. The second kappa shape index (κ2) is 11.0. The Morgan fingerprint density at radius 3 is 2.42 bits per heavy atom. The Hall–Kier alpha value is -4.23. The molecular formula is C30H27ClN4O3. The molecule has 38 heavy (non-hydrogen) atoms. The van der Waals surface area contributed by atoms with E-state index in [-0.39, 0.29) is 5.56 Å². The maximum Gasteiger partial charge on any atom is 0.439 e. The molecule has 0 aliphatic heterocycles. The van der Waals surface area contributed by atoms with E-state index in [1.807, 2.05) is 67.6 Å². The van der Waals surface area contributed by atoms with E-state index in [0.29, 0.717) is 34.3 Å². The largest absolute Gasteiger partial charge is 0.439 e. The molecule has 0 unspecified atom stereocenters. The van der Waals surface area contributed by atoms with Gasteiger partial charge in [-0.1, -0.05) is 84.7 Å². The summed E-state index contributed by atoms with van der Waals surface area (Å²) in [5, 5.41) is 4.41. The predicted molar refractivity (Wildman–Crippen MR) is 149 cm³/mol. The number of unbranched alkanes of at least 4 members (excludes halogenated alkanes) is 1. The molecule has 0 saturated heterocycles. The van der Waals surface area contributed by atoms with Crippen molar-refractivity contribution in [1.82, 2.24) is 19.7 Å². The molecule has 0 aliphatic carbocycles. The highest BCUT2D eigenvalue weighted by molar-refractivity contribution is 6.30. The molecule has 2 heterocycles. The van der Waals surface area contributed by atoms with Crippen molar-refractivity contribution in [3.8, 4) is 28.2 Å². The lowest BCUT2D eigenvalue weighted by molar-refractivity contribution is 0.388. The Bertz CT molecular complexity index is 1700. The second-order valence-corrected chi connectivity index (χ2v) is 9.61. The maximum atomic E-state index is 13.8. The van der Waals surface area contributed by atoms with Crippen LogP contribution in [-0.2, 0) is 12.8 Å². The van der Waals surface area contributed by atoms with Gasteiger partial charge in [-0.15, -0.1) is 0 Å². The molecule has 3 aromatic carbocycles. The number of nitrogens with one attached hydrogen (secondary N) is 1. The first-order chi connectivity index (χ1) is 18.4. The SMILES string of the molecule is CCCCc1nc(C)n(-c2cccc(Cl)c2)c(=O)c1Cc1ccc(-c2ccccc2-c2noc(=O)[nH]2)cc1. The average molecular weight is 527 g/mol. The van der Waals surface area contributed by atoms with Gasteiger partial charge in [0.25, 0.3) is 5.56 Å². The van der Waals surface area contributed by atoms with Gasteiger partial charge in [0.15, 0.2) is 5.82 Å². The average Bonchev–Trinajstić information content (AvgIpc) is 3.36. The number of hydrogen-bond donors (Lipinski definition) is 1. The Kier molecular flexibility index (Phi) is 7.38. The van der Waals surface area contributed by atoms with E-state index >= 15 is 0 Å². The number of hydrogen-bond acceptors (Lipinski definition) is 5. The van der Waals surface area contributed by atoms with E-state index < -0.39 is 5.76 Å². The van der Waals surface area contributed by atoms with Crippen molar-refractivity contribution < 1.29 is 4.52 Å². The molecule has 5 rings (SSSR count). The summed E-state index contributed by atoms with van der Waals surface area (Å²) >= 11 is 6.22. The molecule has 0 fully saturated rings. The van der Waals surface area contributed by atoms with Crippen LogP contribution in [0.1, 0.15) is 42.4 Å². The quantitative estimate of drug-likeness (QED) is 0.262. The highest BCUT2D eigenvalue weighted by Crippen LogP contribution is 2.30. The van der Waals surface area contributed by atoms with Crippen LogP contribution in [0.2, 0.25) is 5.02 Å². The zero-order chi connectivity index (χ0) is 26.6. The first kappa shape index (κ1) is 25.4. The molecule has 0 atom stereocenters. The summed E-state index contributed by atoms with van der Waals surface area (Å²) in [6.45, 7) is 3.99. The van der Waals surface area contributed by atoms with Crippen molar-refractivity contribution in [3.63, 3.8) is 0 Å². The minimum absolute atomic E-state index is 0.0738. The van der Waals surface area contributed by atoms with Crippen molar-refractivity contribution in [3.05, 3.63) is 121 Å². The molecule has 192 valence electrons. The van der Waals surface area contributed by atoms with Crippen molar-refractivity contribution in [2.45, 2.75) is 39.5 Å². The number of halogens is 1. The Balaban J connectivity index is 1.52. The summed E-state index contributed by atoms with van der Waals surface area (Å²) in [6.07, 6.45) is 3.19. The summed E-state index contributed by atoms with van der Waals surface area (Å²) < 4.78 is 6.33.